The number of carboxylic acids is 3. The van der Waals surface area contributed by atoms with Crippen LogP contribution in [0.3, 0.4) is 0 Å². The molecule has 19 nitrogen and oxygen atoms in total. The summed E-state index contributed by atoms with van der Waals surface area (Å²) in [6, 6.07) is 9.87. The van der Waals surface area contributed by atoms with Crippen LogP contribution >= 0.6 is 0 Å². The minimum atomic E-state index is -1.79. The number of nitrogens with one attached hydrogen (secondary N) is 3. The number of amides is 4. The monoisotopic (exact) mass is 796 g/mol. The minimum Gasteiger partial charge on any atom is -0.497 e. The summed E-state index contributed by atoms with van der Waals surface area (Å²) in [5.41, 5.74) is 0.0692. The number of carboxylic acid groups (broad SMARTS) is 3. The van der Waals surface area contributed by atoms with Gasteiger partial charge in [0.25, 0.3) is 11.8 Å². The Kier molecular flexibility index (Phi) is 17.0. The second-order valence-corrected chi connectivity index (χ2v) is 12.4. The molecule has 0 aliphatic heterocycles. The smallest absolute Gasteiger partial charge is 0.363 e. The van der Waals surface area contributed by atoms with Crippen molar-refractivity contribution in [3.63, 3.8) is 0 Å². The molecule has 0 aliphatic carbocycles. The average molecular weight is 797 g/mol. The van der Waals surface area contributed by atoms with E-state index >= 15 is 0 Å². The highest BCUT2D eigenvalue weighted by Gasteiger charge is 2.34. The number of hydrogen-bond acceptors (Lipinski definition) is 12. The molecule has 0 bridgehead atoms. The van der Waals surface area contributed by atoms with Gasteiger partial charge in [-0.05, 0) is 61.4 Å². The summed E-state index contributed by atoms with van der Waals surface area (Å²) < 4.78 is 16.0. The lowest BCUT2D eigenvalue weighted by Crippen LogP contribution is -2.49. The molecule has 0 saturated carbocycles. The molecule has 6 N–H and O–H groups in total. The zero-order valence-corrected chi connectivity index (χ0v) is 31.4. The van der Waals surface area contributed by atoms with Gasteiger partial charge in [-0.3, -0.25) is 24.0 Å². The van der Waals surface area contributed by atoms with Gasteiger partial charge in [0, 0.05) is 5.56 Å². The number of unbranched alkanes of at least 4 members (excludes halogenated alkanes) is 2. The molecule has 57 heavy (non-hydrogen) atoms. The van der Waals surface area contributed by atoms with Crippen LogP contribution in [0.1, 0.15) is 83.6 Å². The number of methoxy groups -OCH3 is 1. The Labute approximate surface area is 326 Å². The molecule has 4 amide bonds. The summed E-state index contributed by atoms with van der Waals surface area (Å²) in [5, 5.41) is 35.4. The van der Waals surface area contributed by atoms with E-state index in [9.17, 15) is 43.5 Å². The van der Waals surface area contributed by atoms with Gasteiger partial charge < -0.3 is 50.0 Å². The van der Waals surface area contributed by atoms with E-state index in [2.05, 4.69) is 16.0 Å². The molecule has 3 atom stereocenters. The van der Waals surface area contributed by atoms with Crippen molar-refractivity contribution >= 4 is 48.0 Å². The van der Waals surface area contributed by atoms with Gasteiger partial charge in [-0.1, -0.05) is 39.2 Å². The number of benzene rings is 2. The van der Waals surface area contributed by atoms with E-state index in [0.717, 1.165) is 17.9 Å². The third-order valence-corrected chi connectivity index (χ3v) is 8.47. The largest absolute Gasteiger partial charge is 0.497 e. The molecule has 306 valence electrons. The summed E-state index contributed by atoms with van der Waals surface area (Å²) in [5.74, 6) is -8.34. The molecule has 0 radical (unpaired) electrons. The lowest BCUT2D eigenvalue weighted by atomic mass is 9.90. The fourth-order valence-electron chi connectivity index (χ4n) is 5.57. The van der Waals surface area contributed by atoms with Crippen molar-refractivity contribution in [2.75, 3.05) is 20.4 Å². The van der Waals surface area contributed by atoms with Gasteiger partial charge in [-0.15, -0.1) is 0 Å². The topological polar surface area (TPSA) is 277 Å². The zero-order valence-electron chi connectivity index (χ0n) is 31.4. The fourth-order valence-corrected chi connectivity index (χ4v) is 5.57. The third kappa shape index (κ3) is 13.1. The quantitative estimate of drug-likeness (QED) is 0.0329. The van der Waals surface area contributed by atoms with E-state index in [4.69, 9.17) is 28.9 Å². The number of ether oxygens (including phenoxy) is 2. The summed E-state index contributed by atoms with van der Waals surface area (Å²) in [7, 11) is 1.47. The van der Waals surface area contributed by atoms with Gasteiger partial charge >= 0.3 is 23.9 Å². The van der Waals surface area contributed by atoms with Crippen molar-refractivity contribution < 1.29 is 72.4 Å². The molecule has 19 heteroatoms. The number of carbonyl (C=O) groups is 8. The molecule has 0 spiro atoms. The first-order chi connectivity index (χ1) is 27.2. The molecule has 0 saturated heterocycles. The maximum absolute atomic E-state index is 13.5. The number of rotatable bonds is 24. The summed E-state index contributed by atoms with van der Waals surface area (Å²) in [6.45, 7) is 2.48. The lowest BCUT2D eigenvalue weighted by molar-refractivity contribution is -0.171. The molecule has 2 unspecified atom stereocenters. The standard InChI is InChI=1S/C38H44N4O15/c1-4-6-7-8-25(28(5-2)42(21-43)57-38(53)22-9-12-24(54-3)13-10-22)34(48)39-20-40-36(50)30-16-15-29(56-30)23-11-14-26(31(17-23)55-19-33(46)47)35(49)41-27(37(51)52)18-32(44)45/h9-17,21,25,27-28H,4-8,18-20H2,1-3H3,(H,39,48)(H,40,50)(H,41,49)(H,44,45)(H,46,47)(H,51,52)/t25?,27?,28-/m1/s1. The first kappa shape index (κ1) is 44.5. The minimum absolute atomic E-state index is 0.0746. The molecule has 0 fully saturated rings. The van der Waals surface area contributed by atoms with Gasteiger partial charge in [0.2, 0.25) is 12.3 Å². The lowest BCUT2D eigenvalue weighted by Gasteiger charge is -2.31. The summed E-state index contributed by atoms with van der Waals surface area (Å²) in [4.78, 5) is 104. The van der Waals surface area contributed by atoms with Gasteiger partial charge in [0.05, 0.1) is 43.3 Å². The Hall–Kier alpha value is -6.92. The maximum Gasteiger partial charge on any atom is 0.363 e. The average Bonchev–Trinajstić information content (AvgIpc) is 3.69. The SMILES string of the molecule is CCCCCC(C(=O)NCNC(=O)c1ccc(-c2ccc(C(=O)NC(CC(=O)O)C(=O)O)c(OCC(=O)O)c2)o1)[C@@H](CC)N(C=O)OC(=O)c1ccc(OC)cc1. The van der Waals surface area contributed by atoms with Crippen molar-refractivity contribution in [3.8, 4) is 22.8 Å². The highest BCUT2D eigenvalue weighted by molar-refractivity contribution is 6.00. The van der Waals surface area contributed by atoms with Gasteiger partial charge in [0.1, 0.15) is 23.3 Å². The normalized spacial score (nSPS) is 12.2. The van der Waals surface area contributed by atoms with Crippen LogP contribution in [0, 0.1) is 5.92 Å². The van der Waals surface area contributed by atoms with E-state index in [1.807, 2.05) is 6.92 Å². The predicted molar refractivity (Wildman–Crippen MR) is 197 cm³/mol. The van der Waals surface area contributed by atoms with E-state index in [1.54, 1.807) is 19.1 Å². The second kappa shape index (κ2) is 21.8. The Balaban J connectivity index is 1.72. The predicted octanol–water partition coefficient (Wildman–Crippen LogP) is 3.09. The Bertz CT molecular complexity index is 1910. The van der Waals surface area contributed by atoms with Crippen LogP contribution in [0.15, 0.2) is 59.0 Å². The van der Waals surface area contributed by atoms with Crippen LogP contribution in [0.2, 0.25) is 0 Å². The highest BCUT2D eigenvalue weighted by Crippen LogP contribution is 2.29. The number of hydrogen-bond donors (Lipinski definition) is 6. The molecule has 3 aromatic rings. The fraction of sp³-hybridized carbons (Fsp3) is 0.368. The Morgan fingerprint density at radius 2 is 1.60 bits per heavy atom. The Morgan fingerprint density at radius 3 is 2.19 bits per heavy atom. The van der Waals surface area contributed by atoms with E-state index < -0.39 is 72.6 Å². The van der Waals surface area contributed by atoms with E-state index in [0.29, 0.717) is 25.0 Å². The summed E-state index contributed by atoms with van der Waals surface area (Å²) >= 11 is 0. The van der Waals surface area contributed by atoms with Crippen LogP contribution in [0.4, 0.5) is 0 Å². The van der Waals surface area contributed by atoms with Crippen molar-refractivity contribution in [3.05, 3.63) is 71.5 Å². The Morgan fingerprint density at radius 1 is 0.877 bits per heavy atom. The van der Waals surface area contributed by atoms with Crippen molar-refractivity contribution in [2.45, 2.75) is 64.5 Å². The number of furan rings is 1. The van der Waals surface area contributed by atoms with Gasteiger partial charge in [0.15, 0.2) is 12.4 Å². The number of aliphatic carboxylic acids is 3. The molecular weight excluding hydrogens is 752 g/mol. The number of hydroxylamine groups is 2. The van der Waals surface area contributed by atoms with Gasteiger partial charge in [-0.25, -0.2) is 14.4 Å². The van der Waals surface area contributed by atoms with Gasteiger partial charge in [-0.2, -0.15) is 5.06 Å². The number of carbonyl (C=O) groups excluding carboxylic acids is 5. The molecule has 0 aliphatic rings. The van der Waals surface area contributed by atoms with E-state index in [1.165, 1.54) is 49.6 Å². The van der Waals surface area contributed by atoms with Crippen molar-refractivity contribution in [2.24, 2.45) is 5.92 Å². The van der Waals surface area contributed by atoms with E-state index in [-0.39, 0.29) is 47.0 Å². The van der Waals surface area contributed by atoms with Crippen LogP contribution in [-0.2, 0) is 28.8 Å². The zero-order chi connectivity index (χ0) is 42.1. The summed E-state index contributed by atoms with van der Waals surface area (Å²) in [6.07, 6.45) is 2.30. The van der Waals surface area contributed by atoms with Crippen LogP contribution in [0.25, 0.3) is 11.3 Å². The molecule has 2 aromatic carbocycles. The van der Waals surface area contributed by atoms with Crippen molar-refractivity contribution in [1.29, 1.82) is 0 Å². The molecule has 1 aromatic heterocycles. The molecule has 3 rings (SSSR count). The maximum atomic E-state index is 13.5. The highest BCUT2D eigenvalue weighted by atomic mass is 16.7. The first-order valence-electron chi connectivity index (χ1n) is 17.7. The number of nitrogens with zero attached hydrogens (tertiary/aromatic N) is 1. The molecular formula is C38H44N4O15. The first-order valence-corrected chi connectivity index (χ1v) is 17.7. The third-order valence-electron chi connectivity index (χ3n) is 8.47. The molecule has 1 heterocycles. The van der Waals surface area contributed by atoms with Crippen molar-refractivity contribution in [1.82, 2.24) is 21.0 Å². The van der Waals surface area contributed by atoms with Crippen LogP contribution in [0.5, 0.6) is 11.5 Å². The van der Waals surface area contributed by atoms with Crippen LogP contribution < -0.4 is 25.4 Å². The van der Waals surface area contributed by atoms with Crippen LogP contribution in [-0.4, -0.2) is 101 Å². The second-order valence-electron chi connectivity index (χ2n) is 12.4.